The molecule has 104 valence electrons. The van der Waals surface area contributed by atoms with E-state index in [1.165, 1.54) is 30.6 Å². The Kier molecular flexibility index (Phi) is 3.15. The number of esters is 1. The average Bonchev–Trinajstić information content (AvgIpc) is 2.98. The molecule has 0 spiro atoms. The van der Waals surface area contributed by atoms with Gasteiger partial charge >= 0.3 is 5.97 Å². The lowest BCUT2D eigenvalue weighted by atomic mass is 10.0. The third kappa shape index (κ3) is 1.86. The summed E-state index contributed by atoms with van der Waals surface area (Å²) in [4.78, 5) is 37.7. The Morgan fingerprint density at radius 3 is 2.70 bits per heavy atom. The number of anilines is 1. The molecule has 0 fully saturated rings. The Balaban J connectivity index is 2.15. The molecule has 0 saturated heterocycles. The maximum absolute atomic E-state index is 12.0. The first kappa shape index (κ1) is 13.0. The molecule has 0 atom stereocenters. The normalized spacial score (nSPS) is 17.6. The van der Waals surface area contributed by atoms with Gasteiger partial charge in [-0.3, -0.25) is 9.59 Å². The van der Waals surface area contributed by atoms with Gasteiger partial charge in [0.15, 0.2) is 0 Å². The second-order valence-corrected chi connectivity index (χ2v) is 5.53. The predicted octanol–water partition coefficient (Wildman–Crippen LogP) is 0.610. The lowest BCUT2D eigenvalue weighted by Gasteiger charge is -2.15. The fourth-order valence-electron chi connectivity index (χ4n) is 2.39. The molecule has 1 N–H and O–H groups in total. The number of hydrogen-bond acceptors (Lipinski definition) is 6. The van der Waals surface area contributed by atoms with Crippen molar-refractivity contribution >= 4 is 34.1 Å². The maximum atomic E-state index is 12.0. The smallest absolute Gasteiger partial charge is 0.341 e. The SMILES string of the molecule is COC(=O)c1c(N2C(=O)C=CC2=O)sc2c1CCNC2. The summed E-state index contributed by atoms with van der Waals surface area (Å²) in [5.41, 5.74) is 1.22. The number of nitrogens with one attached hydrogen (secondary N) is 1. The number of fused-ring (bicyclic) bond motifs is 1. The molecule has 2 aliphatic rings. The molecular weight excluding hydrogens is 280 g/mol. The van der Waals surface area contributed by atoms with Gasteiger partial charge in [0.25, 0.3) is 11.8 Å². The Bertz CT molecular complexity index is 629. The number of hydrogen-bond donors (Lipinski definition) is 1. The third-order valence-electron chi connectivity index (χ3n) is 3.31. The minimum atomic E-state index is -0.507. The predicted molar refractivity (Wildman–Crippen MR) is 72.7 cm³/mol. The van der Waals surface area contributed by atoms with Crippen LogP contribution in [-0.2, 0) is 27.3 Å². The van der Waals surface area contributed by atoms with E-state index in [4.69, 9.17) is 4.74 Å². The van der Waals surface area contributed by atoms with Crippen molar-refractivity contribution < 1.29 is 19.1 Å². The highest BCUT2D eigenvalue weighted by atomic mass is 32.1. The second kappa shape index (κ2) is 4.84. The van der Waals surface area contributed by atoms with Crippen molar-refractivity contribution in [2.24, 2.45) is 0 Å². The Morgan fingerprint density at radius 1 is 1.35 bits per heavy atom. The molecule has 2 aliphatic heterocycles. The Hall–Kier alpha value is -1.99. The minimum Gasteiger partial charge on any atom is -0.465 e. The quantitative estimate of drug-likeness (QED) is 0.638. The molecule has 0 aromatic carbocycles. The van der Waals surface area contributed by atoms with Crippen molar-refractivity contribution in [3.63, 3.8) is 0 Å². The zero-order chi connectivity index (χ0) is 14.3. The van der Waals surface area contributed by atoms with Gasteiger partial charge in [-0.2, -0.15) is 0 Å². The number of carbonyl (C=O) groups excluding carboxylic acids is 3. The molecule has 1 aromatic rings. The highest BCUT2D eigenvalue weighted by Gasteiger charge is 2.35. The van der Waals surface area contributed by atoms with E-state index >= 15 is 0 Å². The van der Waals surface area contributed by atoms with Gasteiger partial charge in [0.2, 0.25) is 0 Å². The van der Waals surface area contributed by atoms with Crippen LogP contribution in [0.4, 0.5) is 5.00 Å². The van der Waals surface area contributed by atoms with E-state index in [1.807, 2.05) is 0 Å². The summed E-state index contributed by atoms with van der Waals surface area (Å²) in [6, 6.07) is 0. The largest absolute Gasteiger partial charge is 0.465 e. The van der Waals surface area contributed by atoms with Crippen LogP contribution in [0, 0.1) is 0 Å². The molecular formula is C13H12N2O4S. The molecule has 3 rings (SSSR count). The van der Waals surface area contributed by atoms with Crippen LogP contribution < -0.4 is 10.2 Å². The van der Waals surface area contributed by atoms with Crippen LogP contribution in [0.25, 0.3) is 0 Å². The zero-order valence-corrected chi connectivity index (χ0v) is 11.6. The van der Waals surface area contributed by atoms with Crippen LogP contribution in [0.15, 0.2) is 12.2 Å². The topological polar surface area (TPSA) is 75.7 Å². The molecule has 7 heteroatoms. The van der Waals surface area contributed by atoms with Gasteiger partial charge in [0.1, 0.15) is 5.00 Å². The van der Waals surface area contributed by atoms with Crippen LogP contribution in [-0.4, -0.2) is 31.4 Å². The number of rotatable bonds is 2. The lowest BCUT2D eigenvalue weighted by molar-refractivity contribution is -0.119. The van der Waals surface area contributed by atoms with Gasteiger partial charge < -0.3 is 10.1 Å². The van der Waals surface area contributed by atoms with E-state index in [0.29, 0.717) is 23.5 Å². The molecule has 20 heavy (non-hydrogen) atoms. The van der Waals surface area contributed by atoms with Crippen molar-refractivity contribution in [2.75, 3.05) is 18.6 Å². The van der Waals surface area contributed by atoms with Crippen molar-refractivity contribution in [1.29, 1.82) is 0 Å². The summed E-state index contributed by atoms with van der Waals surface area (Å²) in [7, 11) is 1.29. The number of imide groups is 1. The maximum Gasteiger partial charge on any atom is 0.341 e. The van der Waals surface area contributed by atoms with E-state index in [1.54, 1.807) is 0 Å². The fraction of sp³-hybridized carbons (Fsp3) is 0.308. The van der Waals surface area contributed by atoms with Crippen molar-refractivity contribution in [1.82, 2.24) is 5.32 Å². The van der Waals surface area contributed by atoms with Crippen molar-refractivity contribution in [3.8, 4) is 0 Å². The average molecular weight is 292 g/mol. The van der Waals surface area contributed by atoms with Gasteiger partial charge in [-0.05, 0) is 18.5 Å². The van der Waals surface area contributed by atoms with Crippen LogP contribution in [0.5, 0.6) is 0 Å². The Morgan fingerprint density at radius 2 is 2.05 bits per heavy atom. The minimum absolute atomic E-state index is 0.347. The number of carbonyl (C=O) groups is 3. The van der Waals surface area contributed by atoms with Crippen molar-refractivity contribution in [2.45, 2.75) is 13.0 Å². The number of methoxy groups -OCH3 is 1. The summed E-state index contributed by atoms with van der Waals surface area (Å²) in [6.07, 6.45) is 3.10. The highest BCUT2D eigenvalue weighted by molar-refractivity contribution is 7.17. The monoisotopic (exact) mass is 292 g/mol. The molecule has 0 radical (unpaired) electrons. The van der Waals surface area contributed by atoms with Crippen LogP contribution in [0.2, 0.25) is 0 Å². The summed E-state index contributed by atoms with van der Waals surface area (Å²) in [6.45, 7) is 1.39. The lowest BCUT2D eigenvalue weighted by Crippen LogP contribution is -2.30. The molecule has 1 aromatic heterocycles. The summed E-state index contributed by atoms with van der Waals surface area (Å²) >= 11 is 1.29. The third-order valence-corrected chi connectivity index (χ3v) is 4.53. The first-order valence-corrected chi connectivity index (χ1v) is 6.95. The second-order valence-electron chi connectivity index (χ2n) is 4.45. The molecule has 0 unspecified atom stereocenters. The molecule has 0 saturated carbocycles. The van der Waals surface area contributed by atoms with E-state index < -0.39 is 17.8 Å². The van der Waals surface area contributed by atoms with Gasteiger partial charge in [-0.1, -0.05) is 0 Å². The van der Waals surface area contributed by atoms with E-state index in [0.717, 1.165) is 21.9 Å². The van der Waals surface area contributed by atoms with Crippen LogP contribution >= 0.6 is 11.3 Å². The first-order valence-electron chi connectivity index (χ1n) is 6.13. The van der Waals surface area contributed by atoms with Gasteiger partial charge in [0, 0.05) is 23.6 Å². The van der Waals surface area contributed by atoms with E-state index in [-0.39, 0.29) is 0 Å². The summed E-state index contributed by atoms with van der Waals surface area (Å²) in [5, 5.41) is 3.57. The number of amides is 2. The summed E-state index contributed by atoms with van der Waals surface area (Å²) < 4.78 is 4.81. The van der Waals surface area contributed by atoms with Crippen LogP contribution in [0.3, 0.4) is 0 Å². The first-order chi connectivity index (χ1) is 9.63. The fourth-order valence-corrected chi connectivity index (χ4v) is 3.71. The zero-order valence-electron chi connectivity index (χ0n) is 10.8. The van der Waals surface area contributed by atoms with Gasteiger partial charge in [-0.25, -0.2) is 9.69 Å². The van der Waals surface area contributed by atoms with Gasteiger partial charge in [0.05, 0.1) is 12.7 Å². The van der Waals surface area contributed by atoms with E-state index in [9.17, 15) is 14.4 Å². The molecule has 2 amide bonds. The molecule has 0 aliphatic carbocycles. The number of ether oxygens (including phenoxy) is 1. The van der Waals surface area contributed by atoms with Gasteiger partial charge in [-0.15, -0.1) is 11.3 Å². The Labute approximate surface area is 119 Å². The highest BCUT2D eigenvalue weighted by Crippen LogP contribution is 2.39. The van der Waals surface area contributed by atoms with E-state index in [2.05, 4.69) is 5.32 Å². The number of nitrogens with zero attached hydrogens (tertiary/aromatic N) is 1. The summed E-state index contributed by atoms with van der Waals surface area (Å²) in [5.74, 6) is -1.36. The standard InChI is InChI=1S/C13H12N2O4S/c1-19-13(18)11-7-4-5-14-6-8(7)20-12(11)15-9(16)2-3-10(15)17/h2-3,14H,4-6H2,1H3. The molecule has 6 nitrogen and oxygen atoms in total. The number of thiophene rings is 1. The van der Waals surface area contributed by atoms with Crippen LogP contribution in [0.1, 0.15) is 20.8 Å². The molecule has 0 bridgehead atoms. The molecule has 3 heterocycles. The van der Waals surface area contributed by atoms with Crippen molar-refractivity contribution in [3.05, 3.63) is 28.2 Å².